The molecule has 0 fully saturated rings. The number of nitrogens with one attached hydrogen (secondary N) is 1. The van der Waals surface area contributed by atoms with Crippen molar-refractivity contribution in [1.29, 1.82) is 0 Å². The van der Waals surface area contributed by atoms with Gasteiger partial charge in [-0.05, 0) is 38.9 Å². The van der Waals surface area contributed by atoms with Crippen molar-refractivity contribution in [2.45, 2.75) is 100 Å². The standard InChI is InChI=1S/C22H40Cl3N3O7SSi/c1-13(29)27-10-15(35-37(8,9)20(5,6)7)21(17(31)32,12-22(23,24)25)28(16(30)14(26)11-36)18(33)34-19(2,3)4/h14-15,36H,10-12,26H2,1-9H3,(H,27,29)(H,31,32)/t14?,15-,21?/m0/s1. The van der Waals surface area contributed by atoms with Crippen LogP contribution in [-0.2, 0) is 23.5 Å². The van der Waals surface area contributed by atoms with E-state index in [4.69, 9.17) is 49.7 Å². The molecule has 2 unspecified atom stereocenters. The number of carbonyl (C=O) groups is 4. The fourth-order valence-corrected chi connectivity index (χ4v) is 5.14. The van der Waals surface area contributed by atoms with Gasteiger partial charge >= 0.3 is 12.1 Å². The summed E-state index contributed by atoms with van der Waals surface area (Å²) in [6.07, 6.45) is -3.80. The highest BCUT2D eigenvalue weighted by Crippen LogP contribution is 2.45. The van der Waals surface area contributed by atoms with E-state index >= 15 is 0 Å². The number of carboxylic acid groups (broad SMARTS) is 1. The number of hydrogen-bond donors (Lipinski definition) is 4. The summed E-state index contributed by atoms with van der Waals surface area (Å²) in [7, 11) is -2.85. The van der Waals surface area contributed by atoms with Gasteiger partial charge in [0.05, 0.1) is 12.1 Å². The highest BCUT2D eigenvalue weighted by Gasteiger charge is 2.62. The molecule has 216 valence electrons. The van der Waals surface area contributed by atoms with E-state index in [9.17, 15) is 24.3 Å². The number of alkyl halides is 3. The van der Waals surface area contributed by atoms with Crippen molar-refractivity contribution in [1.82, 2.24) is 10.2 Å². The maximum absolute atomic E-state index is 13.6. The Balaban J connectivity index is 7.61. The molecule has 0 radical (unpaired) electrons. The first-order valence-electron chi connectivity index (χ1n) is 11.5. The lowest BCUT2D eigenvalue weighted by Crippen LogP contribution is -2.72. The molecular weight excluding hydrogens is 585 g/mol. The Morgan fingerprint density at radius 3 is 1.89 bits per heavy atom. The number of nitrogens with two attached hydrogens (primary N) is 1. The van der Waals surface area contributed by atoms with E-state index in [1.54, 1.807) is 0 Å². The van der Waals surface area contributed by atoms with Gasteiger partial charge in [0.25, 0.3) is 5.91 Å². The Morgan fingerprint density at radius 1 is 1.08 bits per heavy atom. The van der Waals surface area contributed by atoms with Crippen LogP contribution in [-0.4, -0.2) is 81.6 Å². The van der Waals surface area contributed by atoms with Crippen LogP contribution in [0.25, 0.3) is 0 Å². The number of halogens is 3. The first kappa shape index (κ1) is 36.2. The van der Waals surface area contributed by atoms with Crippen molar-refractivity contribution in [2.24, 2.45) is 5.73 Å². The van der Waals surface area contributed by atoms with Crippen molar-refractivity contribution >= 4 is 79.6 Å². The van der Waals surface area contributed by atoms with Crippen LogP contribution in [0.3, 0.4) is 0 Å². The minimum Gasteiger partial charge on any atom is -0.479 e. The second kappa shape index (κ2) is 13.1. The molecule has 0 aromatic carbocycles. The molecule has 15 heteroatoms. The Hall–Kier alpha value is -0.763. The average Bonchev–Trinajstić information content (AvgIpc) is 2.65. The molecule has 37 heavy (non-hydrogen) atoms. The van der Waals surface area contributed by atoms with Gasteiger partial charge in [-0.1, -0.05) is 55.6 Å². The molecule has 0 saturated carbocycles. The number of hydrogen-bond acceptors (Lipinski definition) is 8. The minimum atomic E-state index is -2.85. The quantitative estimate of drug-likeness (QED) is 0.161. The number of ether oxygens (including phenoxy) is 1. The van der Waals surface area contributed by atoms with E-state index in [0.717, 1.165) is 0 Å². The molecule has 0 heterocycles. The Morgan fingerprint density at radius 2 is 1.57 bits per heavy atom. The van der Waals surface area contributed by atoms with Crippen LogP contribution < -0.4 is 11.1 Å². The summed E-state index contributed by atoms with van der Waals surface area (Å²) in [5, 5.41) is 12.8. The molecule has 0 aliphatic rings. The summed E-state index contributed by atoms with van der Waals surface area (Å²) in [6.45, 7) is 14.7. The normalized spacial score (nSPS) is 16.3. The predicted octanol–water partition coefficient (Wildman–Crippen LogP) is 4.12. The lowest BCUT2D eigenvalue weighted by atomic mass is 9.86. The third-order valence-electron chi connectivity index (χ3n) is 5.86. The number of carbonyl (C=O) groups excluding carboxylic acids is 3. The number of amides is 3. The van der Waals surface area contributed by atoms with Gasteiger partial charge in [-0.3, -0.25) is 9.59 Å². The summed E-state index contributed by atoms with van der Waals surface area (Å²) >= 11 is 22.4. The van der Waals surface area contributed by atoms with Crippen LogP contribution in [0, 0.1) is 0 Å². The zero-order valence-electron chi connectivity index (χ0n) is 22.8. The minimum absolute atomic E-state index is 0.235. The molecule has 0 saturated heterocycles. The van der Waals surface area contributed by atoms with Gasteiger partial charge in [0.2, 0.25) is 5.91 Å². The second-order valence-corrected chi connectivity index (χ2v) is 18.9. The van der Waals surface area contributed by atoms with Gasteiger partial charge in [0.15, 0.2) is 17.6 Å². The molecule has 0 aromatic heterocycles. The van der Waals surface area contributed by atoms with E-state index in [1.165, 1.54) is 27.7 Å². The third-order valence-corrected chi connectivity index (χ3v) is 11.1. The lowest BCUT2D eigenvalue weighted by molar-refractivity contribution is -0.167. The zero-order chi connectivity index (χ0) is 29.8. The second-order valence-electron chi connectivity index (χ2n) is 11.3. The lowest BCUT2D eigenvalue weighted by Gasteiger charge is -2.49. The number of nitrogens with zero attached hydrogens (tertiary/aromatic N) is 1. The van der Waals surface area contributed by atoms with Crippen LogP contribution in [0.4, 0.5) is 4.79 Å². The topological polar surface area (TPSA) is 148 Å². The van der Waals surface area contributed by atoms with E-state index in [0.29, 0.717) is 4.90 Å². The van der Waals surface area contributed by atoms with Gasteiger partial charge in [0.1, 0.15) is 5.60 Å². The fraction of sp³-hybridized carbons (Fsp3) is 0.818. The smallest absolute Gasteiger partial charge is 0.418 e. The Kier molecular flexibility index (Phi) is 12.8. The van der Waals surface area contributed by atoms with Crippen LogP contribution in [0.1, 0.15) is 54.9 Å². The van der Waals surface area contributed by atoms with Crippen LogP contribution in [0.5, 0.6) is 0 Å². The van der Waals surface area contributed by atoms with Crippen molar-refractivity contribution in [3.05, 3.63) is 0 Å². The first-order valence-corrected chi connectivity index (χ1v) is 16.2. The maximum Gasteiger partial charge on any atom is 0.418 e. The van der Waals surface area contributed by atoms with Crippen LogP contribution >= 0.6 is 47.4 Å². The predicted molar refractivity (Wildman–Crippen MR) is 151 cm³/mol. The monoisotopic (exact) mass is 623 g/mol. The van der Waals surface area contributed by atoms with Gasteiger partial charge in [0, 0.05) is 25.6 Å². The molecule has 3 atom stereocenters. The van der Waals surface area contributed by atoms with Gasteiger partial charge in [-0.15, -0.1) is 0 Å². The Bertz CT molecular complexity index is 860. The van der Waals surface area contributed by atoms with Crippen molar-refractivity contribution in [2.75, 3.05) is 12.3 Å². The molecule has 4 N–H and O–H groups in total. The molecule has 0 rings (SSSR count). The van der Waals surface area contributed by atoms with E-state index in [2.05, 4.69) is 17.9 Å². The first-order chi connectivity index (χ1) is 16.3. The van der Waals surface area contributed by atoms with Crippen molar-refractivity contribution in [3.8, 4) is 0 Å². The van der Waals surface area contributed by atoms with Gasteiger partial charge in [-0.2, -0.15) is 12.6 Å². The largest absolute Gasteiger partial charge is 0.479 e. The molecule has 3 amide bonds. The number of aliphatic carboxylic acids is 1. The number of imide groups is 1. The number of thiol groups is 1. The Labute approximate surface area is 240 Å². The van der Waals surface area contributed by atoms with Gasteiger partial charge < -0.3 is 25.3 Å². The third kappa shape index (κ3) is 10.4. The molecule has 0 aromatic rings. The summed E-state index contributed by atoms with van der Waals surface area (Å²) < 4.78 is 9.58. The molecular formula is C22H40Cl3N3O7SSi. The molecule has 0 aliphatic carbocycles. The van der Waals surface area contributed by atoms with E-state index in [-0.39, 0.29) is 5.75 Å². The highest BCUT2D eigenvalue weighted by atomic mass is 35.6. The maximum atomic E-state index is 13.6. The SMILES string of the molecule is CC(=O)NC[C@H](O[Si](C)(C)C(C)(C)C)C(CC(Cl)(Cl)Cl)(C(=O)O)N(C(=O)OC(C)(C)C)C(=O)C(N)CS. The van der Waals surface area contributed by atoms with Crippen LogP contribution in [0.15, 0.2) is 0 Å². The van der Waals surface area contributed by atoms with E-state index in [1.807, 2.05) is 33.9 Å². The van der Waals surface area contributed by atoms with Crippen LogP contribution in [0.2, 0.25) is 18.1 Å². The van der Waals surface area contributed by atoms with Crippen molar-refractivity contribution < 1.29 is 33.4 Å². The fourth-order valence-electron chi connectivity index (χ4n) is 3.03. The molecule has 0 aliphatic heterocycles. The number of carboxylic acids is 1. The molecule has 10 nitrogen and oxygen atoms in total. The van der Waals surface area contributed by atoms with Crippen molar-refractivity contribution in [3.63, 3.8) is 0 Å². The molecule has 0 bridgehead atoms. The summed E-state index contributed by atoms with van der Waals surface area (Å²) in [6, 6.07) is -1.42. The average molecular weight is 625 g/mol. The zero-order valence-corrected chi connectivity index (χ0v) is 26.9. The summed E-state index contributed by atoms with van der Waals surface area (Å²) in [5.41, 5.74) is 2.13. The van der Waals surface area contributed by atoms with E-state index < -0.39 is 77.3 Å². The molecule has 0 spiro atoms. The van der Waals surface area contributed by atoms with Gasteiger partial charge in [-0.25, -0.2) is 14.5 Å². The number of rotatable bonds is 10. The summed E-state index contributed by atoms with van der Waals surface area (Å²) in [5.74, 6) is -3.61. The summed E-state index contributed by atoms with van der Waals surface area (Å²) in [4.78, 5) is 52.6. The highest BCUT2D eigenvalue weighted by molar-refractivity contribution is 7.80.